The Balaban J connectivity index is 1.44. The van der Waals surface area contributed by atoms with Gasteiger partial charge in [0.05, 0.1) is 6.61 Å². The first kappa shape index (κ1) is 25.3. The maximum Gasteiger partial charge on any atom is 0.344 e. The second kappa shape index (κ2) is 11.8. The van der Waals surface area contributed by atoms with Gasteiger partial charge in [-0.3, -0.25) is 4.79 Å². The van der Waals surface area contributed by atoms with E-state index < -0.39 is 5.97 Å². The summed E-state index contributed by atoms with van der Waals surface area (Å²) in [5.41, 5.74) is 3.14. The van der Waals surface area contributed by atoms with E-state index >= 15 is 0 Å². The number of hydrogen-bond acceptors (Lipinski definition) is 6. The zero-order valence-electron chi connectivity index (χ0n) is 21.3. The summed E-state index contributed by atoms with van der Waals surface area (Å²) in [5, 5.41) is 0. The molecule has 0 aliphatic carbocycles. The average molecular weight is 511 g/mol. The molecule has 0 bridgehead atoms. The lowest BCUT2D eigenvalue weighted by atomic mass is 10.0. The third-order valence-electron chi connectivity index (χ3n) is 6.52. The Morgan fingerprint density at radius 3 is 2.42 bits per heavy atom. The van der Waals surface area contributed by atoms with E-state index in [1.165, 1.54) is 0 Å². The molecule has 1 aliphatic heterocycles. The third-order valence-corrected chi connectivity index (χ3v) is 6.52. The summed E-state index contributed by atoms with van der Waals surface area (Å²) < 4.78 is 16.9. The quantitative estimate of drug-likeness (QED) is 0.258. The number of hydrogen-bond donors (Lipinski definition) is 0. The molecular weight excluding hydrogens is 480 g/mol. The minimum atomic E-state index is -0.451. The Kier molecular flexibility index (Phi) is 7.83. The molecular formula is C31H30N2O5. The molecule has 3 aromatic carbocycles. The van der Waals surface area contributed by atoms with Gasteiger partial charge in [-0.15, -0.1) is 0 Å². The monoisotopic (exact) mass is 510 g/mol. The number of nitrogens with zero attached hydrogens (tertiary/aromatic N) is 2. The van der Waals surface area contributed by atoms with Gasteiger partial charge in [-0.05, 0) is 44.4 Å². The minimum absolute atomic E-state index is 0.128. The van der Waals surface area contributed by atoms with E-state index in [0.29, 0.717) is 29.5 Å². The fourth-order valence-corrected chi connectivity index (χ4v) is 4.72. The van der Waals surface area contributed by atoms with Crippen molar-refractivity contribution in [2.75, 3.05) is 19.8 Å². The van der Waals surface area contributed by atoms with Crippen LogP contribution in [0.3, 0.4) is 0 Å². The normalized spacial score (nSPS) is 15.2. The van der Waals surface area contributed by atoms with Crippen LogP contribution in [0.1, 0.15) is 48.5 Å². The number of aromatic nitrogens is 1. The Morgan fingerprint density at radius 1 is 0.947 bits per heavy atom. The van der Waals surface area contributed by atoms with Gasteiger partial charge in [-0.1, -0.05) is 66.7 Å². The Labute approximate surface area is 222 Å². The number of piperidine rings is 1. The van der Waals surface area contributed by atoms with Gasteiger partial charge in [0, 0.05) is 23.2 Å². The van der Waals surface area contributed by atoms with Gasteiger partial charge < -0.3 is 18.8 Å². The zero-order chi connectivity index (χ0) is 26.3. The summed E-state index contributed by atoms with van der Waals surface area (Å²) in [6.07, 6.45) is 2.63. The van der Waals surface area contributed by atoms with Gasteiger partial charge in [0.15, 0.2) is 12.4 Å². The Hall–Kier alpha value is -4.39. The van der Waals surface area contributed by atoms with Gasteiger partial charge in [-0.25, -0.2) is 9.78 Å². The number of carbonyl (C=O) groups is 2. The van der Waals surface area contributed by atoms with Crippen LogP contribution in [-0.4, -0.2) is 41.5 Å². The van der Waals surface area contributed by atoms with Crippen molar-refractivity contribution in [2.45, 2.75) is 32.2 Å². The number of esters is 1. The first-order chi connectivity index (χ1) is 18.6. The maximum absolute atomic E-state index is 13.7. The van der Waals surface area contributed by atoms with Crippen molar-refractivity contribution in [3.05, 3.63) is 96.4 Å². The first-order valence-corrected chi connectivity index (χ1v) is 12.9. The van der Waals surface area contributed by atoms with Crippen molar-refractivity contribution in [3.63, 3.8) is 0 Å². The minimum Gasteiger partial charge on any atom is -0.482 e. The molecule has 0 saturated carbocycles. The second-order valence-corrected chi connectivity index (χ2v) is 9.09. The van der Waals surface area contributed by atoms with Gasteiger partial charge in [0.2, 0.25) is 5.89 Å². The van der Waals surface area contributed by atoms with E-state index in [1.54, 1.807) is 31.2 Å². The molecule has 1 atom stereocenters. The molecule has 7 heteroatoms. The van der Waals surface area contributed by atoms with Crippen molar-refractivity contribution < 1.29 is 23.5 Å². The highest BCUT2D eigenvalue weighted by atomic mass is 16.6. The SMILES string of the molecule is CCOC(=O)COc1cccc(C(=O)N2CCCCC2c2nc(-c3ccccc3)c(-c3ccccc3)o2)c1. The van der Waals surface area contributed by atoms with Gasteiger partial charge in [0.25, 0.3) is 5.91 Å². The molecule has 1 aliphatic rings. The number of carbonyl (C=O) groups excluding carboxylic acids is 2. The van der Waals surface area contributed by atoms with E-state index in [0.717, 1.165) is 36.1 Å². The van der Waals surface area contributed by atoms with Gasteiger partial charge in [0.1, 0.15) is 17.5 Å². The predicted octanol–water partition coefficient (Wildman–Crippen LogP) is 6.32. The van der Waals surface area contributed by atoms with Crippen LogP contribution in [0, 0.1) is 0 Å². The number of rotatable bonds is 8. The van der Waals surface area contributed by atoms with Crippen LogP contribution in [-0.2, 0) is 9.53 Å². The molecule has 7 nitrogen and oxygen atoms in total. The molecule has 0 spiro atoms. The van der Waals surface area contributed by atoms with Crippen molar-refractivity contribution in [2.24, 2.45) is 0 Å². The molecule has 1 saturated heterocycles. The highest BCUT2D eigenvalue weighted by Gasteiger charge is 2.33. The highest BCUT2D eigenvalue weighted by molar-refractivity contribution is 5.95. The fraction of sp³-hybridized carbons (Fsp3) is 0.258. The van der Waals surface area contributed by atoms with Crippen LogP contribution in [0.2, 0.25) is 0 Å². The second-order valence-electron chi connectivity index (χ2n) is 9.09. The smallest absolute Gasteiger partial charge is 0.344 e. The van der Waals surface area contributed by atoms with Crippen LogP contribution in [0.15, 0.2) is 89.3 Å². The summed E-state index contributed by atoms with van der Waals surface area (Å²) in [6.45, 7) is 2.42. The largest absolute Gasteiger partial charge is 0.482 e. The number of ether oxygens (including phenoxy) is 2. The third kappa shape index (κ3) is 5.62. The van der Waals surface area contributed by atoms with Crippen LogP contribution < -0.4 is 4.74 Å². The number of likely N-dealkylation sites (tertiary alicyclic amines) is 1. The molecule has 5 rings (SSSR count). The molecule has 1 fully saturated rings. The molecule has 1 amide bonds. The van der Waals surface area contributed by atoms with Gasteiger partial charge in [-0.2, -0.15) is 0 Å². The van der Waals surface area contributed by atoms with E-state index in [1.807, 2.05) is 65.6 Å². The zero-order valence-corrected chi connectivity index (χ0v) is 21.3. The molecule has 4 aromatic rings. The summed E-state index contributed by atoms with van der Waals surface area (Å²) in [5.74, 6) is 1.08. The topological polar surface area (TPSA) is 81.9 Å². The van der Waals surface area contributed by atoms with Crippen molar-refractivity contribution in [3.8, 4) is 28.3 Å². The molecule has 0 N–H and O–H groups in total. The molecule has 0 radical (unpaired) electrons. The molecule has 2 heterocycles. The lowest BCUT2D eigenvalue weighted by molar-refractivity contribution is -0.145. The lowest BCUT2D eigenvalue weighted by Crippen LogP contribution is -2.38. The van der Waals surface area contributed by atoms with E-state index in [4.69, 9.17) is 18.9 Å². The van der Waals surface area contributed by atoms with E-state index in [2.05, 4.69) is 0 Å². The van der Waals surface area contributed by atoms with Gasteiger partial charge >= 0.3 is 5.97 Å². The van der Waals surface area contributed by atoms with Crippen LogP contribution in [0.4, 0.5) is 0 Å². The summed E-state index contributed by atoms with van der Waals surface area (Å²) in [7, 11) is 0. The highest BCUT2D eigenvalue weighted by Crippen LogP contribution is 2.39. The first-order valence-electron chi connectivity index (χ1n) is 12.9. The maximum atomic E-state index is 13.7. The van der Waals surface area contributed by atoms with Crippen LogP contribution >= 0.6 is 0 Å². The van der Waals surface area contributed by atoms with Crippen LogP contribution in [0.25, 0.3) is 22.6 Å². The Morgan fingerprint density at radius 2 is 1.68 bits per heavy atom. The molecule has 38 heavy (non-hydrogen) atoms. The van der Waals surface area contributed by atoms with Crippen molar-refractivity contribution in [1.82, 2.24) is 9.88 Å². The van der Waals surface area contributed by atoms with E-state index in [-0.39, 0.29) is 25.2 Å². The van der Waals surface area contributed by atoms with Crippen molar-refractivity contribution >= 4 is 11.9 Å². The number of benzene rings is 3. The average Bonchev–Trinajstić information content (AvgIpc) is 3.42. The standard InChI is InChI=1S/C31H30N2O5/c1-2-36-27(34)21-37-25-17-11-16-24(20-25)31(35)33-19-10-9-18-26(33)30-32-28(22-12-5-3-6-13-22)29(38-30)23-14-7-4-8-15-23/h3-8,11-17,20,26H,2,9-10,18-19,21H2,1H3. The predicted molar refractivity (Wildman–Crippen MR) is 144 cm³/mol. The van der Waals surface area contributed by atoms with Crippen molar-refractivity contribution in [1.29, 1.82) is 0 Å². The summed E-state index contributed by atoms with van der Waals surface area (Å²) >= 11 is 0. The summed E-state index contributed by atoms with van der Waals surface area (Å²) in [6, 6.07) is 26.5. The number of oxazole rings is 1. The molecule has 1 aromatic heterocycles. The lowest BCUT2D eigenvalue weighted by Gasteiger charge is -2.34. The van der Waals surface area contributed by atoms with E-state index in [9.17, 15) is 9.59 Å². The summed E-state index contributed by atoms with van der Waals surface area (Å²) in [4.78, 5) is 32.2. The Bertz CT molecular complexity index is 1330. The van der Waals surface area contributed by atoms with Crippen LogP contribution in [0.5, 0.6) is 5.75 Å². The number of amides is 1. The molecule has 194 valence electrons. The molecule has 1 unspecified atom stereocenters. The fourth-order valence-electron chi connectivity index (χ4n) is 4.72.